The molecule has 1 fully saturated rings. The Labute approximate surface area is 132 Å². The molecule has 1 heterocycles. The molecule has 1 saturated heterocycles. The Morgan fingerprint density at radius 2 is 2.18 bits per heavy atom. The van der Waals surface area contributed by atoms with Crippen LogP contribution in [-0.4, -0.2) is 55.4 Å². The zero-order valence-electron chi connectivity index (χ0n) is 13.2. The summed E-state index contributed by atoms with van der Waals surface area (Å²) >= 11 is 0. The average Bonchev–Trinajstić information content (AvgIpc) is 2.54. The highest BCUT2D eigenvalue weighted by atomic mass is 16.5. The Bertz CT molecular complexity index is 452. The van der Waals surface area contributed by atoms with E-state index in [9.17, 15) is 9.90 Å². The highest BCUT2D eigenvalue weighted by Gasteiger charge is 2.29. The largest absolute Gasteiger partial charge is 0.396 e. The van der Waals surface area contributed by atoms with Crippen molar-refractivity contribution in [2.45, 2.75) is 25.4 Å². The summed E-state index contributed by atoms with van der Waals surface area (Å²) in [6.07, 6.45) is 1.27. The van der Waals surface area contributed by atoms with Gasteiger partial charge in [-0.2, -0.15) is 0 Å². The lowest BCUT2D eigenvalue weighted by Crippen LogP contribution is -2.53. The fourth-order valence-corrected chi connectivity index (χ4v) is 2.91. The second kappa shape index (κ2) is 8.88. The van der Waals surface area contributed by atoms with Crippen LogP contribution in [-0.2, 0) is 16.1 Å². The maximum Gasteiger partial charge on any atom is 0.222 e. The van der Waals surface area contributed by atoms with Gasteiger partial charge in [-0.1, -0.05) is 30.3 Å². The summed E-state index contributed by atoms with van der Waals surface area (Å²) in [4.78, 5) is 14.2. The van der Waals surface area contributed by atoms with Crippen LogP contribution < -0.4 is 5.32 Å². The number of aliphatic hydroxyl groups is 1. The van der Waals surface area contributed by atoms with Gasteiger partial charge in [-0.15, -0.1) is 0 Å². The number of hydrogen-bond donors (Lipinski definition) is 2. The van der Waals surface area contributed by atoms with Gasteiger partial charge in [0.25, 0.3) is 0 Å². The van der Waals surface area contributed by atoms with Crippen molar-refractivity contribution in [3.05, 3.63) is 35.9 Å². The molecule has 0 saturated carbocycles. The van der Waals surface area contributed by atoms with Crippen LogP contribution in [0.3, 0.4) is 0 Å². The van der Waals surface area contributed by atoms with E-state index in [4.69, 9.17) is 4.74 Å². The molecule has 122 valence electrons. The molecule has 0 aliphatic carbocycles. The number of carbonyl (C=O) groups excluding carboxylic acids is 1. The minimum atomic E-state index is -0.00754. The number of benzene rings is 1. The minimum absolute atomic E-state index is 0.00631. The summed E-state index contributed by atoms with van der Waals surface area (Å²) in [5, 5.41) is 12.6. The number of nitrogens with one attached hydrogen (secondary N) is 1. The van der Waals surface area contributed by atoms with E-state index in [0.717, 1.165) is 26.1 Å². The molecule has 1 aliphatic heterocycles. The zero-order valence-corrected chi connectivity index (χ0v) is 13.2. The van der Waals surface area contributed by atoms with Crippen molar-refractivity contribution in [1.29, 1.82) is 0 Å². The summed E-state index contributed by atoms with van der Waals surface area (Å²) in [5.41, 5.74) is 1.27. The van der Waals surface area contributed by atoms with Crippen LogP contribution >= 0.6 is 0 Å². The number of aliphatic hydroxyl groups excluding tert-OH is 1. The first-order chi connectivity index (χ1) is 10.7. The van der Waals surface area contributed by atoms with E-state index in [-0.39, 0.29) is 24.5 Å². The van der Waals surface area contributed by atoms with E-state index in [2.05, 4.69) is 22.3 Å². The van der Waals surface area contributed by atoms with Crippen molar-refractivity contribution < 1.29 is 14.6 Å². The van der Waals surface area contributed by atoms with Gasteiger partial charge in [-0.25, -0.2) is 0 Å². The second-order valence-electron chi connectivity index (χ2n) is 5.87. The molecule has 0 spiro atoms. The van der Waals surface area contributed by atoms with Gasteiger partial charge in [0.1, 0.15) is 0 Å². The van der Waals surface area contributed by atoms with Gasteiger partial charge in [0.05, 0.1) is 6.61 Å². The minimum Gasteiger partial charge on any atom is -0.396 e. The smallest absolute Gasteiger partial charge is 0.222 e. The lowest BCUT2D eigenvalue weighted by Gasteiger charge is -2.38. The van der Waals surface area contributed by atoms with Crippen LogP contribution in [0.5, 0.6) is 0 Å². The molecule has 0 bridgehead atoms. The fourth-order valence-electron chi connectivity index (χ4n) is 2.91. The van der Waals surface area contributed by atoms with Gasteiger partial charge in [0.2, 0.25) is 5.91 Å². The third-order valence-electron chi connectivity index (χ3n) is 4.20. The first-order valence-electron chi connectivity index (χ1n) is 7.88. The second-order valence-corrected chi connectivity index (χ2v) is 5.87. The van der Waals surface area contributed by atoms with Crippen molar-refractivity contribution in [1.82, 2.24) is 10.2 Å². The lowest BCUT2D eigenvalue weighted by molar-refractivity contribution is -0.123. The Balaban J connectivity index is 1.90. The molecule has 1 amide bonds. The number of likely N-dealkylation sites (tertiary alicyclic amines) is 1. The number of methoxy groups -OCH3 is 1. The molecule has 0 aromatic heterocycles. The van der Waals surface area contributed by atoms with E-state index in [1.54, 1.807) is 7.11 Å². The topological polar surface area (TPSA) is 61.8 Å². The van der Waals surface area contributed by atoms with E-state index in [1.165, 1.54) is 5.56 Å². The fraction of sp³-hybridized carbons (Fsp3) is 0.588. The van der Waals surface area contributed by atoms with Gasteiger partial charge < -0.3 is 15.2 Å². The summed E-state index contributed by atoms with van der Waals surface area (Å²) in [6, 6.07) is 10.3. The SMILES string of the molecule is COCCC(=O)NC1CN(Cc2ccccc2)CCC1CO. The Hall–Kier alpha value is -1.43. The van der Waals surface area contributed by atoms with E-state index < -0.39 is 0 Å². The molecule has 5 heteroatoms. The van der Waals surface area contributed by atoms with Crippen LogP contribution in [0.4, 0.5) is 0 Å². The van der Waals surface area contributed by atoms with Crippen LogP contribution in [0.15, 0.2) is 30.3 Å². The monoisotopic (exact) mass is 306 g/mol. The van der Waals surface area contributed by atoms with Crippen molar-refractivity contribution in [3.63, 3.8) is 0 Å². The molecular weight excluding hydrogens is 280 g/mol. The summed E-state index contributed by atoms with van der Waals surface area (Å²) in [5.74, 6) is 0.130. The highest BCUT2D eigenvalue weighted by molar-refractivity contribution is 5.76. The predicted molar refractivity (Wildman–Crippen MR) is 85.3 cm³/mol. The standard InChI is InChI=1S/C17H26N2O3/c1-22-10-8-17(21)18-16-12-19(9-7-15(16)13-20)11-14-5-3-2-4-6-14/h2-6,15-16,20H,7-13H2,1H3,(H,18,21). The van der Waals surface area contributed by atoms with Gasteiger partial charge >= 0.3 is 0 Å². The maximum atomic E-state index is 11.9. The first-order valence-corrected chi connectivity index (χ1v) is 7.88. The molecular formula is C17H26N2O3. The van der Waals surface area contributed by atoms with Crippen LogP contribution in [0.2, 0.25) is 0 Å². The molecule has 2 unspecified atom stereocenters. The number of ether oxygens (including phenoxy) is 1. The van der Waals surface area contributed by atoms with E-state index >= 15 is 0 Å². The molecule has 5 nitrogen and oxygen atoms in total. The van der Waals surface area contributed by atoms with Crippen molar-refractivity contribution in [3.8, 4) is 0 Å². The molecule has 2 N–H and O–H groups in total. The highest BCUT2D eigenvalue weighted by Crippen LogP contribution is 2.19. The van der Waals surface area contributed by atoms with Crippen LogP contribution in [0, 0.1) is 5.92 Å². The predicted octanol–water partition coefficient (Wildman–Crippen LogP) is 1.02. The number of rotatable bonds is 7. The van der Waals surface area contributed by atoms with Crippen molar-refractivity contribution >= 4 is 5.91 Å². The molecule has 1 aliphatic rings. The average molecular weight is 306 g/mol. The molecule has 2 rings (SSSR count). The van der Waals surface area contributed by atoms with Gasteiger partial charge in [0.15, 0.2) is 0 Å². The molecule has 0 radical (unpaired) electrons. The summed E-state index contributed by atoms with van der Waals surface area (Å²) in [6.45, 7) is 3.15. The van der Waals surface area contributed by atoms with Crippen molar-refractivity contribution in [2.75, 3.05) is 33.4 Å². The van der Waals surface area contributed by atoms with Crippen molar-refractivity contribution in [2.24, 2.45) is 5.92 Å². The molecule has 1 aromatic carbocycles. The molecule has 22 heavy (non-hydrogen) atoms. The number of carbonyl (C=O) groups is 1. The van der Waals surface area contributed by atoms with Gasteiger partial charge in [-0.3, -0.25) is 9.69 Å². The zero-order chi connectivity index (χ0) is 15.8. The van der Waals surface area contributed by atoms with Gasteiger partial charge in [-0.05, 0) is 18.5 Å². The molecule has 1 aromatic rings. The number of nitrogens with zero attached hydrogens (tertiary/aromatic N) is 1. The maximum absolute atomic E-state index is 11.9. The lowest BCUT2D eigenvalue weighted by atomic mass is 9.92. The van der Waals surface area contributed by atoms with E-state index in [1.807, 2.05) is 18.2 Å². The number of hydrogen-bond acceptors (Lipinski definition) is 4. The van der Waals surface area contributed by atoms with Crippen LogP contribution in [0.25, 0.3) is 0 Å². The van der Waals surface area contributed by atoms with Crippen LogP contribution in [0.1, 0.15) is 18.4 Å². The third-order valence-corrected chi connectivity index (χ3v) is 4.20. The van der Waals surface area contributed by atoms with Gasteiger partial charge in [0, 0.05) is 45.2 Å². The number of amides is 1. The Kier molecular flexibility index (Phi) is 6.83. The first kappa shape index (κ1) is 16.9. The third kappa shape index (κ3) is 5.09. The summed E-state index contributed by atoms with van der Waals surface area (Å²) in [7, 11) is 1.59. The normalized spacial score (nSPS) is 22.5. The number of piperidine rings is 1. The Morgan fingerprint density at radius 1 is 1.41 bits per heavy atom. The van der Waals surface area contributed by atoms with E-state index in [0.29, 0.717) is 13.0 Å². The Morgan fingerprint density at radius 3 is 2.86 bits per heavy atom. The molecule has 2 atom stereocenters. The summed E-state index contributed by atoms with van der Waals surface area (Å²) < 4.78 is 4.93. The quantitative estimate of drug-likeness (QED) is 0.790.